The van der Waals surface area contributed by atoms with Crippen molar-refractivity contribution >= 4 is 23.2 Å². The van der Waals surface area contributed by atoms with E-state index in [1.807, 2.05) is 58.0 Å². The summed E-state index contributed by atoms with van der Waals surface area (Å²) in [6.07, 6.45) is 4.14. The molecule has 0 bridgehead atoms. The highest BCUT2D eigenvalue weighted by Gasteiger charge is 2.33. The van der Waals surface area contributed by atoms with Gasteiger partial charge in [0, 0.05) is 17.8 Å². The monoisotopic (exact) mass is 340 g/mol. The summed E-state index contributed by atoms with van der Waals surface area (Å²) in [7, 11) is 0. The molecule has 1 atom stereocenters. The molecule has 6 heteroatoms. The van der Waals surface area contributed by atoms with Crippen LogP contribution in [0.15, 0.2) is 48.7 Å². The number of halogens is 1. The Bertz CT molecular complexity index is 891. The summed E-state index contributed by atoms with van der Waals surface area (Å²) in [6, 6.07) is 13.3. The second kappa shape index (κ2) is 6.24. The number of benzene rings is 1. The molecule has 0 radical (unpaired) electrons. The number of nitrogens with zero attached hydrogens (tertiary/aromatic N) is 4. The topological polar surface area (TPSA) is 50.5 Å². The van der Waals surface area contributed by atoms with Crippen molar-refractivity contribution in [2.24, 2.45) is 0 Å². The number of fused-ring (bicyclic) bond motifs is 1. The van der Waals surface area contributed by atoms with Gasteiger partial charge < -0.3 is 4.90 Å². The maximum atomic E-state index is 12.8. The van der Waals surface area contributed by atoms with Crippen LogP contribution in [0.2, 0.25) is 5.02 Å². The maximum absolute atomic E-state index is 12.8. The summed E-state index contributed by atoms with van der Waals surface area (Å²) >= 11 is 6.19. The molecule has 5 nitrogen and oxygen atoms in total. The summed E-state index contributed by atoms with van der Waals surface area (Å²) in [5.41, 5.74) is 1.67. The molecule has 3 aromatic rings. The fourth-order valence-corrected chi connectivity index (χ4v) is 3.53. The van der Waals surface area contributed by atoms with E-state index in [9.17, 15) is 4.79 Å². The zero-order valence-electron chi connectivity index (χ0n) is 13.1. The molecule has 1 fully saturated rings. The molecule has 2 aromatic heterocycles. The van der Waals surface area contributed by atoms with Gasteiger partial charge in [0.25, 0.3) is 0 Å². The molecule has 122 valence electrons. The number of pyridine rings is 1. The van der Waals surface area contributed by atoms with Crippen LogP contribution in [0.1, 0.15) is 30.3 Å². The number of likely N-dealkylation sites (tertiary alicyclic amines) is 1. The van der Waals surface area contributed by atoms with Crippen LogP contribution in [0.3, 0.4) is 0 Å². The summed E-state index contributed by atoms with van der Waals surface area (Å²) < 4.78 is 1.96. The van der Waals surface area contributed by atoms with Gasteiger partial charge in [0.15, 0.2) is 11.5 Å². The molecule has 1 aliphatic heterocycles. The molecule has 1 aromatic carbocycles. The number of amides is 1. The predicted molar refractivity (Wildman–Crippen MR) is 91.8 cm³/mol. The van der Waals surface area contributed by atoms with Crippen molar-refractivity contribution in [3.63, 3.8) is 0 Å². The first-order chi connectivity index (χ1) is 11.7. The third kappa shape index (κ3) is 2.65. The SMILES string of the molecule is O=C(Cc1ccccc1Cl)N1CCCC1c1nnc2ccccn12. The van der Waals surface area contributed by atoms with E-state index in [1.165, 1.54) is 0 Å². The van der Waals surface area contributed by atoms with Gasteiger partial charge in [-0.1, -0.05) is 35.9 Å². The molecule has 24 heavy (non-hydrogen) atoms. The minimum Gasteiger partial charge on any atom is -0.332 e. The first-order valence-electron chi connectivity index (χ1n) is 8.06. The van der Waals surface area contributed by atoms with Crippen molar-refractivity contribution in [3.8, 4) is 0 Å². The molecule has 4 rings (SSSR count). The minimum absolute atomic E-state index is 0.0302. The van der Waals surface area contributed by atoms with Crippen molar-refractivity contribution in [1.29, 1.82) is 0 Å². The summed E-state index contributed by atoms with van der Waals surface area (Å²) in [5, 5.41) is 9.17. The third-order valence-electron chi connectivity index (χ3n) is 4.51. The van der Waals surface area contributed by atoms with Crippen LogP contribution in [0.4, 0.5) is 0 Å². The summed E-state index contributed by atoms with van der Waals surface area (Å²) in [6.45, 7) is 0.746. The lowest BCUT2D eigenvalue weighted by Gasteiger charge is -2.23. The molecule has 1 amide bonds. The van der Waals surface area contributed by atoms with Crippen molar-refractivity contribution in [2.75, 3.05) is 6.54 Å². The third-order valence-corrected chi connectivity index (χ3v) is 4.88. The van der Waals surface area contributed by atoms with Crippen molar-refractivity contribution in [3.05, 3.63) is 65.1 Å². The number of hydrogen-bond acceptors (Lipinski definition) is 3. The zero-order chi connectivity index (χ0) is 16.5. The Morgan fingerprint density at radius 2 is 2.00 bits per heavy atom. The Balaban J connectivity index is 1.61. The van der Waals surface area contributed by atoms with Gasteiger partial charge in [0.2, 0.25) is 5.91 Å². The lowest BCUT2D eigenvalue weighted by atomic mass is 10.1. The van der Waals surface area contributed by atoms with Gasteiger partial charge in [-0.25, -0.2) is 0 Å². The standard InChI is InChI=1S/C18H17ClN4O/c19-14-7-2-1-6-13(14)12-17(24)22-11-5-8-15(22)18-21-20-16-9-3-4-10-23(16)18/h1-4,6-7,9-10,15H,5,8,11-12H2. The Hall–Kier alpha value is -2.40. The van der Waals surface area contributed by atoms with E-state index in [2.05, 4.69) is 10.2 Å². The Morgan fingerprint density at radius 3 is 2.88 bits per heavy atom. The molecule has 0 aliphatic carbocycles. The van der Waals surface area contributed by atoms with E-state index >= 15 is 0 Å². The van der Waals surface area contributed by atoms with Gasteiger partial charge in [-0.15, -0.1) is 10.2 Å². The van der Waals surface area contributed by atoms with Crippen molar-refractivity contribution < 1.29 is 4.79 Å². The van der Waals surface area contributed by atoms with Gasteiger partial charge in [0.05, 0.1) is 12.5 Å². The van der Waals surface area contributed by atoms with Gasteiger partial charge >= 0.3 is 0 Å². The smallest absolute Gasteiger partial charge is 0.227 e. The lowest BCUT2D eigenvalue weighted by molar-refractivity contribution is -0.131. The fraction of sp³-hybridized carbons (Fsp3) is 0.278. The highest BCUT2D eigenvalue weighted by atomic mass is 35.5. The van der Waals surface area contributed by atoms with E-state index in [-0.39, 0.29) is 11.9 Å². The lowest BCUT2D eigenvalue weighted by Crippen LogP contribution is -2.32. The van der Waals surface area contributed by atoms with E-state index < -0.39 is 0 Å². The quantitative estimate of drug-likeness (QED) is 0.735. The average molecular weight is 341 g/mol. The molecule has 0 spiro atoms. The van der Waals surface area contributed by atoms with Crippen LogP contribution in [-0.4, -0.2) is 31.9 Å². The molecule has 0 saturated carbocycles. The first kappa shape index (κ1) is 15.1. The fourth-order valence-electron chi connectivity index (χ4n) is 3.33. The van der Waals surface area contributed by atoms with Crippen molar-refractivity contribution in [1.82, 2.24) is 19.5 Å². The van der Waals surface area contributed by atoms with Crippen LogP contribution < -0.4 is 0 Å². The van der Waals surface area contributed by atoms with Gasteiger partial charge in [0.1, 0.15) is 0 Å². The molecule has 1 saturated heterocycles. The van der Waals surface area contributed by atoms with E-state index in [4.69, 9.17) is 11.6 Å². The molecule has 1 aliphatic rings. The highest BCUT2D eigenvalue weighted by molar-refractivity contribution is 6.31. The highest BCUT2D eigenvalue weighted by Crippen LogP contribution is 2.32. The number of rotatable bonds is 3. The Labute approximate surface area is 144 Å². The molecular weight excluding hydrogens is 324 g/mol. The van der Waals surface area contributed by atoms with Crippen LogP contribution >= 0.6 is 11.6 Å². The van der Waals surface area contributed by atoms with Gasteiger partial charge in [-0.05, 0) is 36.6 Å². The van der Waals surface area contributed by atoms with Crippen LogP contribution in [-0.2, 0) is 11.2 Å². The van der Waals surface area contributed by atoms with Gasteiger partial charge in [-0.2, -0.15) is 0 Å². The number of carbonyl (C=O) groups is 1. The predicted octanol–water partition coefficient (Wildman–Crippen LogP) is 3.29. The molecular formula is C18H17ClN4O. The van der Waals surface area contributed by atoms with Crippen LogP contribution in [0.25, 0.3) is 5.65 Å². The summed E-state index contributed by atoms with van der Waals surface area (Å²) in [4.78, 5) is 14.7. The van der Waals surface area contributed by atoms with E-state index in [0.29, 0.717) is 11.4 Å². The van der Waals surface area contributed by atoms with Crippen LogP contribution in [0.5, 0.6) is 0 Å². The van der Waals surface area contributed by atoms with Gasteiger partial charge in [-0.3, -0.25) is 9.20 Å². The number of aromatic nitrogens is 3. The zero-order valence-corrected chi connectivity index (χ0v) is 13.9. The Kier molecular flexibility index (Phi) is 3.94. The first-order valence-corrected chi connectivity index (χ1v) is 8.44. The van der Waals surface area contributed by atoms with Crippen LogP contribution in [0, 0.1) is 0 Å². The minimum atomic E-state index is -0.0302. The second-order valence-electron chi connectivity index (χ2n) is 6.00. The average Bonchev–Trinajstić information content (AvgIpc) is 3.23. The molecule has 3 heterocycles. The van der Waals surface area contributed by atoms with E-state index in [0.717, 1.165) is 36.4 Å². The number of carbonyl (C=O) groups excluding carboxylic acids is 1. The van der Waals surface area contributed by atoms with Crippen molar-refractivity contribution in [2.45, 2.75) is 25.3 Å². The number of hydrogen-bond donors (Lipinski definition) is 0. The molecule has 1 unspecified atom stereocenters. The van der Waals surface area contributed by atoms with E-state index in [1.54, 1.807) is 0 Å². The summed E-state index contributed by atoms with van der Waals surface area (Å²) in [5.74, 6) is 0.911. The maximum Gasteiger partial charge on any atom is 0.227 e. The second-order valence-corrected chi connectivity index (χ2v) is 6.41. The largest absolute Gasteiger partial charge is 0.332 e. The normalized spacial score (nSPS) is 17.5. The Morgan fingerprint density at radius 1 is 1.17 bits per heavy atom. The molecule has 0 N–H and O–H groups in total.